The van der Waals surface area contributed by atoms with Crippen molar-refractivity contribution in [3.63, 3.8) is 0 Å². The van der Waals surface area contributed by atoms with Crippen LogP contribution in [-0.4, -0.2) is 21.8 Å². The standard InChI is InChI=1S/C16H19N5O2/c1-2-3-4-11-5-6-13(19-10-11)16(23)21-20-15(22)12-7-8-18-14(17)9-12/h5-10H,2-4H2,1H3,(H2,17,18)(H,20,22)(H,21,23). The lowest BCUT2D eigenvalue weighted by Crippen LogP contribution is -2.42. The lowest BCUT2D eigenvalue weighted by molar-refractivity contribution is 0.0844. The number of carbonyl (C=O) groups is 2. The molecule has 7 nitrogen and oxygen atoms in total. The van der Waals surface area contributed by atoms with Crippen molar-refractivity contribution in [2.75, 3.05) is 5.73 Å². The maximum Gasteiger partial charge on any atom is 0.288 e. The van der Waals surface area contributed by atoms with Gasteiger partial charge >= 0.3 is 0 Å². The molecule has 0 aliphatic heterocycles. The maximum absolute atomic E-state index is 11.9. The fourth-order valence-corrected chi connectivity index (χ4v) is 1.93. The topological polar surface area (TPSA) is 110 Å². The molecular weight excluding hydrogens is 294 g/mol. The van der Waals surface area contributed by atoms with E-state index in [1.54, 1.807) is 12.3 Å². The molecule has 0 fully saturated rings. The minimum absolute atomic E-state index is 0.230. The lowest BCUT2D eigenvalue weighted by atomic mass is 10.1. The average Bonchev–Trinajstić information content (AvgIpc) is 2.58. The molecule has 120 valence electrons. The molecule has 0 aliphatic carbocycles. The van der Waals surface area contributed by atoms with E-state index < -0.39 is 11.8 Å². The van der Waals surface area contributed by atoms with Crippen LogP contribution < -0.4 is 16.6 Å². The summed E-state index contributed by atoms with van der Waals surface area (Å²) in [7, 11) is 0. The SMILES string of the molecule is CCCCc1ccc(C(=O)NNC(=O)c2ccnc(N)c2)nc1. The third kappa shape index (κ3) is 4.77. The number of hydrogen-bond donors (Lipinski definition) is 3. The zero-order valence-corrected chi connectivity index (χ0v) is 12.9. The molecule has 0 saturated heterocycles. The second kappa shape index (κ2) is 7.88. The van der Waals surface area contributed by atoms with Crippen LogP contribution in [0.5, 0.6) is 0 Å². The number of anilines is 1. The fraction of sp³-hybridized carbons (Fsp3) is 0.250. The Bertz CT molecular complexity index is 685. The Hall–Kier alpha value is -2.96. The number of carbonyl (C=O) groups excluding carboxylic acids is 2. The molecule has 2 aromatic rings. The van der Waals surface area contributed by atoms with Gasteiger partial charge in [-0.3, -0.25) is 25.4 Å². The van der Waals surface area contributed by atoms with Gasteiger partial charge in [-0.1, -0.05) is 19.4 Å². The molecule has 2 aromatic heterocycles. The Morgan fingerprint density at radius 3 is 2.57 bits per heavy atom. The monoisotopic (exact) mass is 313 g/mol. The molecule has 0 radical (unpaired) electrons. The van der Waals surface area contributed by atoms with E-state index >= 15 is 0 Å². The van der Waals surface area contributed by atoms with Crippen LogP contribution in [-0.2, 0) is 6.42 Å². The molecule has 2 heterocycles. The first-order valence-corrected chi connectivity index (χ1v) is 7.37. The first-order chi connectivity index (χ1) is 11.1. The van der Waals surface area contributed by atoms with Crippen molar-refractivity contribution >= 4 is 17.6 Å². The minimum Gasteiger partial charge on any atom is -0.384 e. The van der Waals surface area contributed by atoms with Gasteiger partial charge < -0.3 is 5.73 Å². The molecule has 0 aliphatic rings. The quantitative estimate of drug-likeness (QED) is 0.724. The van der Waals surface area contributed by atoms with E-state index in [2.05, 4.69) is 27.7 Å². The zero-order valence-electron chi connectivity index (χ0n) is 12.9. The Morgan fingerprint density at radius 1 is 1.13 bits per heavy atom. The first-order valence-electron chi connectivity index (χ1n) is 7.37. The van der Waals surface area contributed by atoms with Crippen LogP contribution in [0.25, 0.3) is 0 Å². The Kier molecular flexibility index (Phi) is 5.62. The highest BCUT2D eigenvalue weighted by molar-refractivity contribution is 5.98. The van der Waals surface area contributed by atoms with Crippen molar-refractivity contribution in [3.05, 3.63) is 53.5 Å². The summed E-state index contributed by atoms with van der Waals surface area (Å²) in [5.74, 6) is -0.734. The van der Waals surface area contributed by atoms with Crippen molar-refractivity contribution in [2.24, 2.45) is 0 Å². The summed E-state index contributed by atoms with van der Waals surface area (Å²) in [6, 6.07) is 6.42. The van der Waals surface area contributed by atoms with Crippen LogP contribution in [0, 0.1) is 0 Å². The van der Waals surface area contributed by atoms with Gasteiger partial charge in [0, 0.05) is 18.0 Å². The summed E-state index contributed by atoms with van der Waals surface area (Å²) in [6.07, 6.45) is 6.22. The molecule has 0 unspecified atom stereocenters. The van der Waals surface area contributed by atoms with Gasteiger partial charge in [0.2, 0.25) is 0 Å². The van der Waals surface area contributed by atoms with E-state index in [0.717, 1.165) is 24.8 Å². The number of nitrogen functional groups attached to an aromatic ring is 1. The molecule has 2 rings (SSSR count). The van der Waals surface area contributed by atoms with Gasteiger partial charge in [-0.2, -0.15) is 0 Å². The van der Waals surface area contributed by atoms with Gasteiger partial charge in [0.15, 0.2) is 0 Å². The number of nitrogens with one attached hydrogen (secondary N) is 2. The third-order valence-corrected chi connectivity index (χ3v) is 3.21. The number of hydrazine groups is 1. The van der Waals surface area contributed by atoms with E-state index in [-0.39, 0.29) is 11.5 Å². The number of aryl methyl sites for hydroxylation is 1. The average molecular weight is 313 g/mol. The molecule has 0 spiro atoms. The molecular formula is C16H19N5O2. The molecule has 2 amide bonds. The molecule has 0 aromatic carbocycles. The van der Waals surface area contributed by atoms with Gasteiger partial charge in [0.05, 0.1) is 0 Å². The van der Waals surface area contributed by atoms with E-state index in [0.29, 0.717) is 5.56 Å². The predicted molar refractivity (Wildman–Crippen MR) is 86.4 cm³/mol. The van der Waals surface area contributed by atoms with Gasteiger partial charge in [-0.15, -0.1) is 0 Å². The first kappa shape index (κ1) is 16.4. The van der Waals surface area contributed by atoms with Gasteiger partial charge in [-0.25, -0.2) is 4.98 Å². The van der Waals surface area contributed by atoms with Crippen molar-refractivity contribution in [2.45, 2.75) is 26.2 Å². The van der Waals surface area contributed by atoms with Crippen molar-refractivity contribution in [1.29, 1.82) is 0 Å². The molecule has 23 heavy (non-hydrogen) atoms. The van der Waals surface area contributed by atoms with Crippen LogP contribution in [0.15, 0.2) is 36.7 Å². The van der Waals surface area contributed by atoms with Crippen LogP contribution in [0.1, 0.15) is 46.2 Å². The number of aromatic nitrogens is 2. The number of hydrogen-bond acceptors (Lipinski definition) is 5. The number of nitrogens with zero attached hydrogens (tertiary/aromatic N) is 2. The number of amides is 2. The number of rotatable bonds is 5. The highest BCUT2D eigenvalue weighted by Crippen LogP contribution is 2.05. The molecule has 4 N–H and O–H groups in total. The van der Waals surface area contributed by atoms with Crippen LogP contribution in [0.4, 0.5) is 5.82 Å². The minimum atomic E-state index is -0.484. The van der Waals surface area contributed by atoms with Crippen molar-refractivity contribution < 1.29 is 9.59 Å². The molecule has 0 atom stereocenters. The lowest BCUT2D eigenvalue weighted by Gasteiger charge is -2.07. The second-order valence-electron chi connectivity index (χ2n) is 5.03. The highest BCUT2D eigenvalue weighted by Gasteiger charge is 2.10. The number of nitrogens with two attached hydrogens (primary N) is 1. The van der Waals surface area contributed by atoms with E-state index in [4.69, 9.17) is 5.73 Å². The summed E-state index contributed by atoms with van der Waals surface area (Å²) in [4.78, 5) is 31.7. The van der Waals surface area contributed by atoms with Gasteiger partial charge in [-0.05, 0) is 36.6 Å². The Labute approximate surface area is 134 Å². The summed E-state index contributed by atoms with van der Waals surface area (Å²) >= 11 is 0. The van der Waals surface area contributed by atoms with Crippen molar-refractivity contribution in [3.8, 4) is 0 Å². The molecule has 0 bridgehead atoms. The molecule has 7 heteroatoms. The summed E-state index contributed by atoms with van der Waals surface area (Å²) < 4.78 is 0. The summed E-state index contributed by atoms with van der Waals surface area (Å²) in [6.45, 7) is 2.12. The summed E-state index contributed by atoms with van der Waals surface area (Å²) in [5.41, 5.74) is 11.8. The highest BCUT2D eigenvalue weighted by atomic mass is 16.2. The van der Waals surface area contributed by atoms with E-state index in [9.17, 15) is 9.59 Å². The third-order valence-electron chi connectivity index (χ3n) is 3.21. The zero-order chi connectivity index (χ0) is 16.7. The maximum atomic E-state index is 11.9. The number of pyridine rings is 2. The summed E-state index contributed by atoms with van der Waals surface area (Å²) in [5, 5.41) is 0. The number of unbranched alkanes of at least 4 members (excludes halogenated alkanes) is 1. The predicted octanol–water partition coefficient (Wildman–Crippen LogP) is 1.48. The van der Waals surface area contributed by atoms with Gasteiger partial charge in [0.25, 0.3) is 11.8 Å². The largest absolute Gasteiger partial charge is 0.384 e. The van der Waals surface area contributed by atoms with Crippen molar-refractivity contribution in [1.82, 2.24) is 20.8 Å². The van der Waals surface area contributed by atoms with E-state index in [1.165, 1.54) is 18.3 Å². The van der Waals surface area contributed by atoms with Gasteiger partial charge in [0.1, 0.15) is 11.5 Å². The Balaban J connectivity index is 1.90. The van der Waals surface area contributed by atoms with E-state index in [1.807, 2.05) is 6.07 Å². The van der Waals surface area contributed by atoms with Crippen LogP contribution in [0.3, 0.4) is 0 Å². The van der Waals surface area contributed by atoms with Crippen LogP contribution in [0.2, 0.25) is 0 Å². The Morgan fingerprint density at radius 2 is 1.91 bits per heavy atom. The normalized spacial score (nSPS) is 10.1. The van der Waals surface area contributed by atoms with Crippen LogP contribution >= 0.6 is 0 Å². The fourth-order valence-electron chi connectivity index (χ4n) is 1.93. The smallest absolute Gasteiger partial charge is 0.288 e. The molecule has 0 saturated carbocycles. The second-order valence-corrected chi connectivity index (χ2v) is 5.03.